The molecule has 2 aromatic carbocycles. The maximum Gasteiger partial charge on any atom is 0.261 e. The van der Waals surface area contributed by atoms with Crippen molar-refractivity contribution in [3.63, 3.8) is 0 Å². The minimum Gasteiger partial charge on any atom is -0.407 e. The van der Waals surface area contributed by atoms with E-state index in [0.29, 0.717) is 13.0 Å². The van der Waals surface area contributed by atoms with Crippen LogP contribution < -0.4 is 10.4 Å². The standard InChI is InChI=1S/C25H34O3Si/c1-25(2,3)29(23-13-6-4-7-14-23,24-15-8-5-9-16-24)27-20-18-22-12-10-11-21(28-22)17-19-26/h4-9,13-16,19,21-22H,10-12,17-18,20H2,1-3H3/t21-,22+/m1/s1. The molecule has 0 bridgehead atoms. The van der Waals surface area contributed by atoms with E-state index < -0.39 is 8.32 Å². The first-order chi connectivity index (χ1) is 14.0. The van der Waals surface area contributed by atoms with Gasteiger partial charge in [-0.25, -0.2) is 0 Å². The van der Waals surface area contributed by atoms with Gasteiger partial charge in [0.2, 0.25) is 0 Å². The largest absolute Gasteiger partial charge is 0.407 e. The smallest absolute Gasteiger partial charge is 0.261 e. The second-order valence-corrected chi connectivity index (χ2v) is 13.3. The Morgan fingerprint density at radius 2 is 1.52 bits per heavy atom. The Balaban J connectivity index is 1.83. The molecule has 1 saturated heterocycles. The van der Waals surface area contributed by atoms with Crippen LogP contribution in [-0.2, 0) is 14.0 Å². The summed E-state index contributed by atoms with van der Waals surface area (Å²) < 4.78 is 13.1. The Bertz CT molecular complexity index is 715. The molecule has 0 aromatic heterocycles. The zero-order valence-electron chi connectivity index (χ0n) is 18.0. The summed E-state index contributed by atoms with van der Waals surface area (Å²) in [4.78, 5) is 10.9. The van der Waals surface area contributed by atoms with E-state index in [-0.39, 0.29) is 17.2 Å². The van der Waals surface area contributed by atoms with Gasteiger partial charge < -0.3 is 14.0 Å². The SMILES string of the molecule is CC(C)(C)[Si](OCC[C@@H]1CCC[C@H](CC=O)O1)(c1ccccc1)c1ccccc1. The molecule has 1 heterocycles. The van der Waals surface area contributed by atoms with Crippen molar-refractivity contribution in [1.29, 1.82) is 0 Å². The molecule has 3 rings (SSSR count). The quantitative estimate of drug-likeness (QED) is 0.475. The van der Waals surface area contributed by atoms with Crippen molar-refractivity contribution in [3.05, 3.63) is 60.7 Å². The lowest BCUT2D eigenvalue weighted by Gasteiger charge is -2.43. The minimum atomic E-state index is -2.48. The second-order valence-electron chi connectivity index (χ2n) is 9.01. The Morgan fingerprint density at radius 3 is 2.03 bits per heavy atom. The molecule has 1 aliphatic rings. The third-order valence-corrected chi connectivity index (χ3v) is 11.0. The van der Waals surface area contributed by atoms with Crippen LogP contribution in [0.25, 0.3) is 0 Å². The zero-order valence-corrected chi connectivity index (χ0v) is 19.0. The van der Waals surface area contributed by atoms with E-state index in [1.807, 2.05) is 0 Å². The predicted octanol–water partition coefficient (Wildman–Crippen LogP) is 4.48. The van der Waals surface area contributed by atoms with Crippen molar-refractivity contribution >= 4 is 25.0 Å². The van der Waals surface area contributed by atoms with Gasteiger partial charge in [-0.15, -0.1) is 0 Å². The summed E-state index contributed by atoms with van der Waals surface area (Å²) in [7, 11) is -2.48. The lowest BCUT2D eigenvalue weighted by molar-refractivity contribution is -0.114. The summed E-state index contributed by atoms with van der Waals surface area (Å²) in [6, 6.07) is 21.5. The van der Waals surface area contributed by atoms with Crippen LogP contribution in [0.1, 0.15) is 52.9 Å². The van der Waals surface area contributed by atoms with Crippen LogP contribution in [0.5, 0.6) is 0 Å². The molecule has 2 atom stereocenters. The van der Waals surface area contributed by atoms with Crippen molar-refractivity contribution in [2.75, 3.05) is 6.61 Å². The molecule has 2 aromatic rings. The van der Waals surface area contributed by atoms with Crippen molar-refractivity contribution in [2.45, 2.75) is 70.1 Å². The number of benzene rings is 2. The fourth-order valence-electron chi connectivity index (χ4n) is 4.58. The maximum absolute atomic E-state index is 10.9. The average Bonchev–Trinajstić information content (AvgIpc) is 2.72. The van der Waals surface area contributed by atoms with E-state index in [2.05, 4.69) is 81.4 Å². The summed E-state index contributed by atoms with van der Waals surface area (Å²) >= 11 is 0. The van der Waals surface area contributed by atoms with Crippen LogP contribution in [0, 0.1) is 0 Å². The van der Waals surface area contributed by atoms with Gasteiger partial charge in [-0.05, 0) is 41.1 Å². The molecule has 29 heavy (non-hydrogen) atoms. The first kappa shape index (κ1) is 21.9. The summed E-state index contributed by atoms with van der Waals surface area (Å²) in [6.45, 7) is 7.58. The number of carbonyl (C=O) groups excluding carboxylic acids is 1. The number of aldehydes is 1. The van der Waals surface area contributed by atoms with Crippen LogP contribution in [0.4, 0.5) is 0 Å². The topological polar surface area (TPSA) is 35.5 Å². The number of carbonyl (C=O) groups is 1. The molecule has 156 valence electrons. The Hall–Kier alpha value is -1.75. The molecule has 0 N–H and O–H groups in total. The first-order valence-corrected chi connectivity index (χ1v) is 12.7. The average molecular weight is 411 g/mol. The number of rotatable bonds is 8. The van der Waals surface area contributed by atoms with Crippen LogP contribution in [0.2, 0.25) is 5.04 Å². The van der Waals surface area contributed by atoms with E-state index in [9.17, 15) is 4.79 Å². The van der Waals surface area contributed by atoms with Crippen molar-refractivity contribution in [2.24, 2.45) is 0 Å². The van der Waals surface area contributed by atoms with Crippen LogP contribution in [0.15, 0.2) is 60.7 Å². The summed E-state index contributed by atoms with van der Waals surface area (Å²) in [5.41, 5.74) is 0. The monoisotopic (exact) mass is 410 g/mol. The molecule has 0 radical (unpaired) electrons. The molecule has 4 heteroatoms. The minimum absolute atomic E-state index is 0.0107. The molecule has 0 amide bonds. The van der Waals surface area contributed by atoms with Crippen molar-refractivity contribution < 1.29 is 14.0 Å². The second kappa shape index (κ2) is 9.83. The van der Waals surface area contributed by atoms with Gasteiger partial charge in [0.1, 0.15) is 6.29 Å². The van der Waals surface area contributed by atoms with Crippen molar-refractivity contribution in [1.82, 2.24) is 0 Å². The Kier molecular flexibility index (Phi) is 7.44. The summed E-state index contributed by atoms with van der Waals surface area (Å²) in [6.07, 6.45) is 5.80. The Morgan fingerprint density at radius 1 is 0.966 bits per heavy atom. The molecule has 0 saturated carbocycles. The van der Waals surface area contributed by atoms with E-state index >= 15 is 0 Å². The van der Waals surface area contributed by atoms with Crippen LogP contribution in [-0.4, -0.2) is 33.4 Å². The van der Waals surface area contributed by atoms with E-state index in [1.54, 1.807) is 0 Å². The normalized spacial score (nSPS) is 20.4. The third kappa shape index (κ3) is 5.06. The third-order valence-electron chi connectivity index (χ3n) is 5.97. The van der Waals surface area contributed by atoms with Crippen LogP contribution >= 0.6 is 0 Å². The van der Waals surface area contributed by atoms with Gasteiger partial charge in [0.15, 0.2) is 0 Å². The van der Waals surface area contributed by atoms with E-state index in [0.717, 1.165) is 32.0 Å². The highest BCUT2D eigenvalue weighted by atomic mass is 28.4. The molecular weight excluding hydrogens is 376 g/mol. The summed E-state index contributed by atoms with van der Waals surface area (Å²) in [5, 5.41) is 2.60. The van der Waals surface area contributed by atoms with Gasteiger partial charge in [-0.2, -0.15) is 0 Å². The fraction of sp³-hybridized carbons (Fsp3) is 0.480. The highest BCUT2D eigenvalue weighted by molar-refractivity contribution is 6.99. The van der Waals surface area contributed by atoms with Crippen molar-refractivity contribution in [3.8, 4) is 0 Å². The molecule has 1 fully saturated rings. The maximum atomic E-state index is 10.9. The van der Waals surface area contributed by atoms with E-state index in [4.69, 9.17) is 9.16 Å². The molecular formula is C25H34O3Si. The molecule has 0 spiro atoms. The lowest BCUT2D eigenvalue weighted by atomic mass is 10.0. The first-order valence-electron chi connectivity index (χ1n) is 10.8. The number of ether oxygens (including phenoxy) is 1. The molecule has 1 aliphatic heterocycles. The fourth-order valence-corrected chi connectivity index (χ4v) is 9.16. The highest BCUT2D eigenvalue weighted by Gasteiger charge is 2.50. The molecule has 0 aliphatic carbocycles. The highest BCUT2D eigenvalue weighted by Crippen LogP contribution is 2.37. The van der Waals surface area contributed by atoms with Gasteiger partial charge in [0, 0.05) is 13.0 Å². The zero-order chi connectivity index (χ0) is 20.7. The molecule has 3 nitrogen and oxygen atoms in total. The van der Waals surface area contributed by atoms with Gasteiger partial charge in [-0.3, -0.25) is 0 Å². The lowest BCUT2D eigenvalue weighted by Crippen LogP contribution is -2.66. The number of hydrogen-bond donors (Lipinski definition) is 0. The summed E-state index contributed by atoms with van der Waals surface area (Å²) in [5.74, 6) is 0. The molecule has 0 unspecified atom stereocenters. The number of hydrogen-bond acceptors (Lipinski definition) is 3. The van der Waals surface area contributed by atoms with Crippen LogP contribution in [0.3, 0.4) is 0 Å². The predicted molar refractivity (Wildman–Crippen MR) is 121 cm³/mol. The van der Waals surface area contributed by atoms with Gasteiger partial charge in [0.05, 0.1) is 12.2 Å². The van der Waals surface area contributed by atoms with Gasteiger partial charge >= 0.3 is 0 Å². The van der Waals surface area contributed by atoms with Gasteiger partial charge in [0.25, 0.3) is 8.32 Å². The Labute approximate surface area is 176 Å². The van der Waals surface area contributed by atoms with Gasteiger partial charge in [-0.1, -0.05) is 81.4 Å². The van der Waals surface area contributed by atoms with E-state index in [1.165, 1.54) is 10.4 Å².